The van der Waals surface area contributed by atoms with Crippen LogP contribution in [0.5, 0.6) is 0 Å². The van der Waals surface area contributed by atoms with Gasteiger partial charge in [0.05, 0.1) is 0 Å². The number of hydrogen-bond donors (Lipinski definition) is 0. The third-order valence-corrected chi connectivity index (χ3v) is 26.2. The van der Waals surface area contributed by atoms with Crippen LogP contribution in [0.3, 0.4) is 0 Å². The minimum atomic E-state index is -0.346. The van der Waals surface area contributed by atoms with Gasteiger partial charge in [-0.05, 0) is 206 Å². The minimum Gasteiger partial charge on any atom is -0.456 e. The predicted octanol–water partition coefficient (Wildman–Crippen LogP) is 31.1. The van der Waals surface area contributed by atoms with Crippen molar-refractivity contribution in [3.8, 4) is 55.6 Å². The third-order valence-electron chi connectivity index (χ3n) is 26.2. The second kappa shape index (κ2) is 29.2. The number of furan rings is 2. The number of fused-ring (bicyclic) bond motifs is 20. The van der Waals surface area contributed by atoms with E-state index in [1.165, 1.54) is 283 Å². The number of aryl methyl sites for hydroxylation is 1. The zero-order valence-corrected chi connectivity index (χ0v) is 64.4. The second-order valence-electron chi connectivity index (χ2n) is 33.4. The van der Waals surface area contributed by atoms with E-state index in [0.717, 1.165) is 40.7 Å². The monoisotopic (exact) mass is 1370 g/mol. The van der Waals surface area contributed by atoms with Gasteiger partial charge in [0.15, 0.2) is 0 Å². The highest BCUT2D eigenvalue weighted by molar-refractivity contribution is 6.19. The lowest BCUT2D eigenvalue weighted by atomic mass is 9.68. The summed E-state index contributed by atoms with van der Waals surface area (Å²) in [6.45, 7) is 21.5. The van der Waals surface area contributed by atoms with Crippen LogP contribution in [0.25, 0.3) is 99.5 Å². The normalized spacial score (nSPS) is 15.0. The molecule has 3 nitrogen and oxygen atoms in total. The molecule has 16 rings (SSSR count). The van der Waals surface area contributed by atoms with E-state index in [0.29, 0.717) is 0 Å². The molecule has 0 atom stereocenters. The fourth-order valence-electron chi connectivity index (χ4n) is 20.6. The second-order valence-corrected chi connectivity index (χ2v) is 33.4. The Bertz CT molecular complexity index is 5120. The summed E-state index contributed by atoms with van der Waals surface area (Å²) in [4.78, 5) is 2.65. The van der Waals surface area contributed by atoms with E-state index in [9.17, 15) is 0 Å². The standard InChI is InChI=1S/C101H113NO2/c1-10-14-18-22-26-38-58-100(59-39-27-23-19-15-11-2)82-56-57-92-95(76-44-32-36-48-90(76)103-92)94(82)80-67-86-79(66-87(80)100)74-54-51-71(64-85(74)101(86,60-40-28-24-20-16-12-3)61-41-29-25-21-17-13-4)102(89-47-35-30-42-68(89)5)70-52-55-75-84(63-70)99(8,9)88-65-78(97-96(93(75)88)77-45-33-37-49-91(77)104-97)69-50-53-73-72-43-31-34-46-81(72)98(6,7)83(73)62-69/h30-37,42-57,62-67H,10-29,38-41,58-61H2,1-9H3. The van der Waals surface area contributed by atoms with E-state index >= 15 is 0 Å². The van der Waals surface area contributed by atoms with Crippen LogP contribution in [-0.2, 0) is 21.7 Å². The number of benzene rings is 10. The molecule has 3 heteroatoms. The van der Waals surface area contributed by atoms with Crippen molar-refractivity contribution in [1.29, 1.82) is 0 Å². The SMILES string of the molecule is CCCCCCCCC1(CCCCCCCC)c2cc(N(c3ccc4c(c3)C(C)(C)c3cc(-c5ccc6c(c5)C(C)(C)c5ccccc5-6)c5oc6ccccc6c5c3-4)c3ccccc3C)ccc2-c2cc3c(cc21)-c1c(ccc2oc4ccccc4c12)C3(CCCCCCCC)CCCCCCCC. The Balaban J connectivity index is 0.875. The molecule has 104 heavy (non-hydrogen) atoms. The molecule has 0 bridgehead atoms. The molecule has 4 aliphatic carbocycles. The smallest absolute Gasteiger partial charge is 0.143 e. The maximum atomic E-state index is 7.17. The van der Waals surface area contributed by atoms with Crippen LogP contribution in [0.15, 0.2) is 191 Å². The molecular weight excluding hydrogens is 1260 g/mol. The molecule has 0 radical (unpaired) electrons. The molecule has 12 aromatic rings. The summed E-state index contributed by atoms with van der Waals surface area (Å²) in [6, 6.07) is 71.7. The highest BCUT2D eigenvalue weighted by atomic mass is 16.3. The zero-order chi connectivity index (χ0) is 71.3. The fraction of sp³-hybridized carbons (Fsp3) is 0.406. The molecule has 10 aromatic carbocycles. The summed E-state index contributed by atoms with van der Waals surface area (Å²) < 4.78 is 14.1. The topological polar surface area (TPSA) is 29.5 Å². The number of para-hydroxylation sites is 3. The number of unbranched alkanes of at least 4 members (excludes halogenated alkanes) is 20. The van der Waals surface area contributed by atoms with Gasteiger partial charge < -0.3 is 13.7 Å². The van der Waals surface area contributed by atoms with Gasteiger partial charge in [0.25, 0.3) is 0 Å². The molecule has 4 aliphatic rings. The maximum Gasteiger partial charge on any atom is 0.143 e. The lowest BCUT2D eigenvalue weighted by Crippen LogP contribution is -2.27. The van der Waals surface area contributed by atoms with Crippen molar-refractivity contribution in [2.24, 2.45) is 0 Å². The number of nitrogens with zero attached hydrogens (tertiary/aromatic N) is 1. The quantitative estimate of drug-likeness (QED) is 0.0394. The molecule has 0 aliphatic heterocycles. The van der Waals surface area contributed by atoms with E-state index in [4.69, 9.17) is 8.83 Å². The van der Waals surface area contributed by atoms with Crippen molar-refractivity contribution in [3.05, 3.63) is 232 Å². The van der Waals surface area contributed by atoms with E-state index in [1.807, 2.05) is 0 Å². The van der Waals surface area contributed by atoms with E-state index in [1.54, 1.807) is 22.3 Å². The number of hydrogen-bond acceptors (Lipinski definition) is 3. The van der Waals surface area contributed by atoms with E-state index < -0.39 is 0 Å². The first-order valence-electron chi connectivity index (χ1n) is 41.4. The Kier molecular flexibility index (Phi) is 19.6. The van der Waals surface area contributed by atoms with Gasteiger partial charge in [-0.3, -0.25) is 0 Å². The Labute approximate surface area is 622 Å². The summed E-state index contributed by atoms with van der Waals surface area (Å²) in [6.07, 6.45) is 35.6. The van der Waals surface area contributed by atoms with Crippen LogP contribution >= 0.6 is 0 Å². The Morgan fingerprint density at radius 1 is 0.298 bits per heavy atom. The highest BCUT2D eigenvalue weighted by Gasteiger charge is 2.50. The van der Waals surface area contributed by atoms with Gasteiger partial charge in [0, 0.05) is 65.8 Å². The van der Waals surface area contributed by atoms with Crippen LogP contribution in [0.1, 0.15) is 285 Å². The fourth-order valence-corrected chi connectivity index (χ4v) is 20.6. The van der Waals surface area contributed by atoms with Crippen molar-refractivity contribution < 1.29 is 8.83 Å². The maximum absolute atomic E-state index is 7.17. The van der Waals surface area contributed by atoms with Gasteiger partial charge in [0.1, 0.15) is 22.3 Å². The van der Waals surface area contributed by atoms with Gasteiger partial charge in [-0.25, -0.2) is 0 Å². The molecule has 0 spiro atoms. The predicted molar refractivity (Wildman–Crippen MR) is 445 cm³/mol. The molecule has 0 N–H and O–H groups in total. The Hall–Kier alpha value is -8.40. The first-order valence-corrected chi connectivity index (χ1v) is 41.4. The molecule has 0 saturated carbocycles. The highest BCUT2D eigenvalue weighted by Crippen LogP contribution is 2.64. The molecule has 2 heterocycles. The van der Waals surface area contributed by atoms with Gasteiger partial charge in [-0.2, -0.15) is 0 Å². The average Bonchev–Trinajstić information content (AvgIpc) is 1.52. The lowest BCUT2D eigenvalue weighted by molar-refractivity contribution is 0.394. The van der Waals surface area contributed by atoms with Crippen molar-refractivity contribution in [3.63, 3.8) is 0 Å². The summed E-state index contributed by atoms with van der Waals surface area (Å²) in [7, 11) is 0. The molecule has 534 valence electrons. The van der Waals surface area contributed by atoms with Crippen LogP contribution in [0.2, 0.25) is 0 Å². The van der Waals surface area contributed by atoms with Crippen LogP contribution in [0, 0.1) is 6.92 Å². The molecule has 0 fully saturated rings. The van der Waals surface area contributed by atoms with Crippen molar-refractivity contribution in [2.45, 2.75) is 264 Å². The first-order chi connectivity index (χ1) is 50.9. The zero-order valence-electron chi connectivity index (χ0n) is 64.4. The third kappa shape index (κ3) is 11.9. The van der Waals surface area contributed by atoms with Gasteiger partial charge in [0.2, 0.25) is 0 Å². The molecule has 0 unspecified atom stereocenters. The lowest BCUT2D eigenvalue weighted by Gasteiger charge is -2.35. The Morgan fingerprint density at radius 3 is 1.38 bits per heavy atom. The van der Waals surface area contributed by atoms with Gasteiger partial charge in [-0.1, -0.05) is 319 Å². The average molecular weight is 1370 g/mol. The number of rotatable bonds is 32. The van der Waals surface area contributed by atoms with E-state index in [2.05, 4.69) is 249 Å². The van der Waals surface area contributed by atoms with Gasteiger partial charge in [-0.15, -0.1) is 0 Å². The van der Waals surface area contributed by atoms with Crippen LogP contribution in [-0.4, -0.2) is 0 Å². The summed E-state index contributed by atoms with van der Waals surface area (Å²) >= 11 is 0. The van der Waals surface area contributed by atoms with E-state index in [-0.39, 0.29) is 21.7 Å². The van der Waals surface area contributed by atoms with Crippen LogP contribution in [0.4, 0.5) is 17.1 Å². The summed E-state index contributed by atoms with van der Waals surface area (Å²) in [5, 5.41) is 4.98. The molecular formula is C101H113NO2. The van der Waals surface area contributed by atoms with Crippen LogP contribution < -0.4 is 4.90 Å². The van der Waals surface area contributed by atoms with Crippen molar-refractivity contribution >= 4 is 60.9 Å². The van der Waals surface area contributed by atoms with Gasteiger partial charge >= 0.3 is 0 Å². The van der Waals surface area contributed by atoms with Crippen molar-refractivity contribution in [1.82, 2.24) is 0 Å². The molecule has 0 saturated heterocycles. The Morgan fingerprint density at radius 2 is 0.740 bits per heavy atom. The summed E-state index contributed by atoms with van der Waals surface area (Å²) in [5.74, 6) is 0. The minimum absolute atomic E-state index is 0.0988. The molecule has 0 amide bonds. The first kappa shape index (κ1) is 69.9. The molecule has 2 aromatic heterocycles. The largest absolute Gasteiger partial charge is 0.456 e. The summed E-state index contributed by atoms with van der Waals surface area (Å²) in [5.41, 5.74) is 33.5. The van der Waals surface area contributed by atoms with Crippen molar-refractivity contribution in [2.75, 3.05) is 4.90 Å². The number of anilines is 3.